The van der Waals surface area contributed by atoms with Crippen LogP contribution in [0.4, 0.5) is 4.79 Å². The first-order chi connectivity index (χ1) is 5.88. The quantitative estimate of drug-likeness (QED) is 0.746. The molecule has 0 rings (SSSR count). The Bertz CT molecular complexity index is 171. The lowest BCUT2D eigenvalue weighted by atomic mass is 10.4. The lowest BCUT2D eigenvalue weighted by Crippen LogP contribution is -2.39. The number of aliphatic hydroxyl groups is 1. The first-order valence-electron chi connectivity index (χ1n) is 3.53. The summed E-state index contributed by atoms with van der Waals surface area (Å²) in [6.45, 7) is 1.73. The molecule has 13 heavy (non-hydrogen) atoms. The summed E-state index contributed by atoms with van der Waals surface area (Å²) in [5.41, 5.74) is 0. The second kappa shape index (κ2) is 5.75. The van der Waals surface area contributed by atoms with Crippen LogP contribution in [0, 0.1) is 0 Å². The Hall–Kier alpha value is 0.1000. The highest BCUT2D eigenvalue weighted by atomic mass is 35.6. The number of carbonyl (C=O) groups excluding carboxylic acids is 1. The molecule has 0 fully saturated rings. The van der Waals surface area contributed by atoms with Gasteiger partial charge in [0.1, 0.15) is 6.10 Å². The van der Waals surface area contributed by atoms with Crippen LogP contribution >= 0.6 is 34.8 Å². The standard InChI is InChI=1S/C6H10Cl3NO3/c1-2-13-5(12)10-3-4(11)6(7,8)9/h4,11H,2-3H2,1H3,(H,10,12). The molecule has 0 radical (unpaired) electrons. The molecular weight excluding hydrogens is 240 g/mol. The van der Waals surface area contributed by atoms with Gasteiger partial charge in [-0.25, -0.2) is 4.79 Å². The minimum atomic E-state index is -1.81. The third-order valence-corrected chi connectivity index (χ3v) is 1.85. The number of alkyl carbamates (subject to hydrolysis) is 1. The van der Waals surface area contributed by atoms with Gasteiger partial charge in [-0.15, -0.1) is 0 Å². The molecule has 1 atom stereocenters. The molecule has 0 aliphatic carbocycles. The van der Waals surface area contributed by atoms with Crippen molar-refractivity contribution >= 4 is 40.9 Å². The zero-order chi connectivity index (χ0) is 10.5. The van der Waals surface area contributed by atoms with E-state index in [-0.39, 0.29) is 13.2 Å². The first kappa shape index (κ1) is 13.1. The maximum absolute atomic E-state index is 10.7. The van der Waals surface area contributed by atoms with E-state index < -0.39 is 16.0 Å². The van der Waals surface area contributed by atoms with Crippen LogP contribution < -0.4 is 5.32 Å². The van der Waals surface area contributed by atoms with Gasteiger partial charge < -0.3 is 15.2 Å². The summed E-state index contributed by atoms with van der Waals surface area (Å²) in [5, 5.41) is 11.4. The predicted octanol–water partition coefficient (Wildman–Crippen LogP) is 1.46. The van der Waals surface area contributed by atoms with Crippen LogP contribution in [0.3, 0.4) is 0 Å². The number of aliphatic hydroxyl groups excluding tert-OH is 1. The Kier molecular flexibility index (Phi) is 5.80. The van der Waals surface area contributed by atoms with Gasteiger partial charge in [-0.3, -0.25) is 0 Å². The highest BCUT2D eigenvalue weighted by molar-refractivity contribution is 6.68. The average Bonchev–Trinajstić information content (AvgIpc) is 1.99. The molecule has 0 aromatic rings. The van der Waals surface area contributed by atoms with Crippen molar-refractivity contribution in [1.82, 2.24) is 5.32 Å². The van der Waals surface area contributed by atoms with Crippen molar-refractivity contribution in [2.75, 3.05) is 13.2 Å². The average molecular weight is 251 g/mol. The third-order valence-electron chi connectivity index (χ3n) is 1.09. The van der Waals surface area contributed by atoms with E-state index in [1.165, 1.54) is 0 Å². The Balaban J connectivity index is 3.70. The fraction of sp³-hybridized carbons (Fsp3) is 0.833. The number of ether oxygens (including phenoxy) is 1. The summed E-state index contributed by atoms with van der Waals surface area (Å²) < 4.78 is 2.71. The van der Waals surface area contributed by atoms with Crippen LogP contribution in [0.25, 0.3) is 0 Å². The van der Waals surface area contributed by atoms with Crippen LogP contribution in [0.2, 0.25) is 0 Å². The molecule has 0 aliphatic rings. The minimum absolute atomic E-state index is 0.171. The fourth-order valence-corrected chi connectivity index (χ4v) is 0.709. The van der Waals surface area contributed by atoms with Crippen LogP contribution in [0.5, 0.6) is 0 Å². The van der Waals surface area contributed by atoms with Gasteiger partial charge in [-0.05, 0) is 6.92 Å². The smallest absolute Gasteiger partial charge is 0.407 e. The van der Waals surface area contributed by atoms with E-state index in [2.05, 4.69) is 10.1 Å². The number of hydrogen-bond donors (Lipinski definition) is 2. The van der Waals surface area contributed by atoms with E-state index in [0.717, 1.165) is 0 Å². The van der Waals surface area contributed by atoms with Crippen molar-refractivity contribution < 1.29 is 14.6 Å². The van der Waals surface area contributed by atoms with Crippen molar-refractivity contribution in [3.63, 3.8) is 0 Å². The number of nitrogens with one attached hydrogen (secondary N) is 1. The molecule has 4 nitrogen and oxygen atoms in total. The molecule has 0 aliphatic heterocycles. The molecule has 0 bridgehead atoms. The highest BCUT2D eigenvalue weighted by Crippen LogP contribution is 2.29. The predicted molar refractivity (Wildman–Crippen MR) is 51.3 cm³/mol. The van der Waals surface area contributed by atoms with Crippen LogP contribution in [-0.2, 0) is 4.74 Å². The second-order valence-electron chi connectivity index (χ2n) is 2.16. The zero-order valence-electron chi connectivity index (χ0n) is 6.89. The van der Waals surface area contributed by atoms with Crippen molar-refractivity contribution in [2.24, 2.45) is 0 Å². The maximum Gasteiger partial charge on any atom is 0.407 e. The topological polar surface area (TPSA) is 58.6 Å². The Morgan fingerprint density at radius 2 is 2.15 bits per heavy atom. The molecule has 2 N–H and O–H groups in total. The number of rotatable bonds is 3. The van der Waals surface area contributed by atoms with Gasteiger partial charge in [-0.2, -0.15) is 0 Å². The lowest BCUT2D eigenvalue weighted by molar-refractivity contribution is 0.136. The van der Waals surface area contributed by atoms with Crippen LogP contribution in [0.15, 0.2) is 0 Å². The summed E-state index contributed by atoms with van der Waals surface area (Å²) >= 11 is 16.0. The summed E-state index contributed by atoms with van der Waals surface area (Å²) in [7, 11) is 0. The number of alkyl halides is 3. The first-order valence-corrected chi connectivity index (χ1v) is 4.66. The fourth-order valence-electron chi connectivity index (χ4n) is 0.478. The van der Waals surface area contributed by atoms with Gasteiger partial charge in [0.05, 0.1) is 13.2 Å². The van der Waals surface area contributed by atoms with Gasteiger partial charge >= 0.3 is 6.09 Å². The lowest BCUT2D eigenvalue weighted by Gasteiger charge is -2.18. The van der Waals surface area contributed by atoms with E-state index in [0.29, 0.717) is 0 Å². The number of amides is 1. The molecule has 78 valence electrons. The van der Waals surface area contributed by atoms with Gasteiger partial charge in [0.25, 0.3) is 0 Å². The highest BCUT2D eigenvalue weighted by Gasteiger charge is 2.30. The largest absolute Gasteiger partial charge is 0.450 e. The van der Waals surface area contributed by atoms with Crippen molar-refractivity contribution in [2.45, 2.75) is 16.8 Å². The monoisotopic (exact) mass is 249 g/mol. The van der Waals surface area contributed by atoms with Crippen LogP contribution in [0.1, 0.15) is 6.92 Å². The number of hydrogen-bond acceptors (Lipinski definition) is 3. The minimum Gasteiger partial charge on any atom is -0.450 e. The Morgan fingerprint density at radius 1 is 1.62 bits per heavy atom. The molecular formula is C6H10Cl3NO3. The van der Waals surface area contributed by atoms with Gasteiger partial charge in [0.15, 0.2) is 0 Å². The molecule has 1 amide bonds. The number of halogens is 3. The van der Waals surface area contributed by atoms with E-state index in [1.807, 2.05) is 0 Å². The van der Waals surface area contributed by atoms with Crippen LogP contribution in [-0.4, -0.2) is 34.2 Å². The van der Waals surface area contributed by atoms with E-state index in [4.69, 9.17) is 39.9 Å². The summed E-state index contributed by atoms with van der Waals surface area (Å²) in [6.07, 6.45) is -1.92. The molecule has 0 aromatic heterocycles. The maximum atomic E-state index is 10.7. The van der Waals surface area contributed by atoms with Crippen molar-refractivity contribution in [3.05, 3.63) is 0 Å². The van der Waals surface area contributed by atoms with Gasteiger partial charge in [0, 0.05) is 0 Å². The summed E-state index contributed by atoms with van der Waals surface area (Å²) in [4.78, 5) is 10.7. The summed E-state index contributed by atoms with van der Waals surface area (Å²) in [5.74, 6) is 0. The van der Waals surface area contributed by atoms with Crippen molar-refractivity contribution in [1.29, 1.82) is 0 Å². The van der Waals surface area contributed by atoms with E-state index >= 15 is 0 Å². The van der Waals surface area contributed by atoms with Gasteiger partial charge in [0.2, 0.25) is 3.79 Å². The molecule has 0 heterocycles. The molecule has 0 aromatic carbocycles. The third kappa shape index (κ3) is 6.21. The van der Waals surface area contributed by atoms with Crippen molar-refractivity contribution in [3.8, 4) is 0 Å². The second-order valence-corrected chi connectivity index (χ2v) is 4.53. The van der Waals surface area contributed by atoms with E-state index in [1.54, 1.807) is 6.92 Å². The van der Waals surface area contributed by atoms with Gasteiger partial charge in [-0.1, -0.05) is 34.8 Å². The normalized spacial score (nSPS) is 13.6. The molecule has 7 heteroatoms. The molecule has 1 unspecified atom stereocenters. The summed E-state index contributed by atoms with van der Waals surface area (Å²) in [6, 6.07) is 0. The SMILES string of the molecule is CCOC(=O)NCC(O)C(Cl)(Cl)Cl. The molecule has 0 saturated carbocycles. The Morgan fingerprint density at radius 3 is 2.54 bits per heavy atom. The molecule has 0 spiro atoms. The molecule has 0 saturated heterocycles. The van der Waals surface area contributed by atoms with E-state index in [9.17, 15) is 4.79 Å². The Labute approximate surface area is 91.1 Å². The number of carbonyl (C=O) groups is 1. The zero-order valence-corrected chi connectivity index (χ0v) is 9.16.